The van der Waals surface area contributed by atoms with Crippen LogP contribution in [-0.4, -0.2) is 43.5 Å². The summed E-state index contributed by atoms with van der Waals surface area (Å²) in [6.07, 6.45) is 4.10. The van der Waals surface area contributed by atoms with Crippen LogP contribution < -0.4 is 10.6 Å². The van der Waals surface area contributed by atoms with Gasteiger partial charge in [0.25, 0.3) is 0 Å². The van der Waals surface area contributed by atoms with E-state index < -0.39 is 0 Å². The van der Waals surface area contributed by atoms with Crippen molar-refractivity contribution in [3.05, 3.63) is 35.9 Å². The quantitative estimate of drug-likeness (QED) is 0.844. The average molecular weight is 315 g/mol. The maximum absolute atomic E-state index is 11.4. The molecule has 2 aliphatic heterocycles. The number of fused-ring (bicyclic) bond motifs is 2. The SMILES string of the molecule is CNC(=O)CCC[C@H]1NC[C@@H]2C[C@H]1CN(Cc1ccccc1)C2. The van der Waals surface area contributed by atoms with Gasteiger partial charge in [-0.15, -0.1) is 0 Å². The summed E-state index contributed by atoms with van der Waals surface area (Å²) in [5, 5.41) is 6.45. The minimum Gasteiger partial charge on any atom is -0.359 e. The molecule has 23 heavy (non-hydrogen) atoms. The number of amides is 1. The highest BCUT2D eigenvalue weighted by molar-refractivity contribution is 5.75. The zero-order valence-corrected chi connectivity index (χ0v) is 14.1. The topological polar surface area (TPSA) is 44.4 Å². The molecule has 2 aliphatic rings. The molecule has 0 aromatic heterocycles. The molecule has 2 heterocycles. The van der Waals surface area contributed by atoms with Crippen molar-refractivity contribution in [1.29, 1.82) is 0 Å². The third kappa shape index (κ3) is 4.55. The van der Waals surface area contributed by atoms with E-state index in [9.17, 15) is 4.79 Å². The van der Waals surface area contributed by atoms with Gasteiger partial charge in [0.2, 0.25) is 5.91 Å². The van der Waals surface area contributed by atoms with Crippen molar-refractivity contribution in [3.63, 3.8) is 0 Å². The van der Waals surface area contributed by atoms with Crippen molar-refractivity contribution in [2.45, 2.75) is 38.3 Å². The van der Waals surface area contributed by atoms with Crippen LogP contribution in [0.1, 0.15) is 31.2 Å². The standard InChI is InChI=1S/C19H29N3O/c1-20-19(23)9-5-8-18-17-10-16(11-21-18)13-22(14-17)12-15-6-3-2-4-7-15/h2-4,6-7,16-18,21H,5,8-14H2,1H3,(H,20,23)/t16-,17-,18+/m0/s1. The molecule has 4 nitrogen and oxygen atoms in total. The predicted molar refractivity (Wildman–Crippen MR) is 93.0 cm³/mol. The maximum atomic E-state index is 11.4. The van der Waals surface area contributed by atoms with Gasteiger partial charge >= 0.3 is 0 Å². The van der Waals surface area contributed by atoms with Gasteiger partial charge < -0.3 is 10.6 Å². The number of carbonyl (C=O) groups is 1. The molecule has 0 radical (unpaired) electrons. The smallest absolute Gasteiger partial charge is 0.219 e. The molecule has 126 valence electrons. The average Bonchev–Trinajstić information content (AvgIpc) is 2.57. The van der Waals surface area contributed by atoms with Crippen molar-refractivity contribution in [1.82, 2.24) is 15.5 Å². The zero-order chi connectivity index (χ0) is 16.1. The fourth-order valence-electron chi connectivity index (χ4n) is 4.19. The first-order valence-corrected chi connectivity index (χ1v) is 8.95. The van der Waals surface area contributed by atoms with Crippen LogP contribution in [0.5, 0.6) is 0 Å². The molecule has 0 unspecified atom stereocenters. The minimum absolute atomic E-state index is 0.160. The van der Waals surface area contributed by atoms with Crippen LogP contribution >= 0.6 is 0 Å². The Bertz CT molecular complexity index is 505. The lowest BCUT2D eigenvalue weighted by atomic mass is 9.79. The van der Waals surface area contributed by atoms with E-state index >= 15 is 0 Å². The maximum Gasteiger partial charge on any atom is 0.219 e. The van der Waals surface area contributed by atoms with E-state index in [0.29, 0.717) is 12.5 Å². The van der Waals surface area contributed by atoms with Gasteiger partial charge in [-0.1, -0.05) is 30.3 Å². The van der Waals surface area contributed by atoms with E-state index in [1.54, 1.807) is 7.05 Å². The molecule has 1 amide bonds. The summed E-state index contributed by atoms with van der Waals surface area (Å²) in [7, 11) is 1.72. The molecule has 2 bridgehead atoms. The van der Waals surface area contributed by atoms with Gasteiger partial charge in [0.05, 0.1) is 0 Å². The van der Waals surface area contributed by atoms with Gasteiger partial charge in [0, 0.05) is 39.1 Å². The Labute approximate surface area is 139 Å². The Kier molecular flexibility index (Phi) is 5.68. The second-order valence-corrected chi connectivity index (χ2v) is 7.12. The largest absolute Gasteiger partial charge is 0.359 e. The predicted octanol–water partition coefficient (Wildman–Crippen LogP) is 2.01. The highest BCUT2D eigenvalue weighted by atomic mass is 16.1. The van der Waals surface area contributed by atoms with Crippen molar-refractivity contribution in [2.75, 3.05) is 26.7 Å². The number of carbonyl (C=O) groups excluding carboxylic acids is 1. The second-order valence-electron chi connectivity index (χ2n) is 7.12. The first-order valence-electron chi connectivity index (χ1n) is 8.95. The van der Waals surface area contributed by atoms with Gasteiger partial charge in [-0.25, -0.2) is 0 Å². The first kappa shape index (κ1) is 16.5. The lowest BCUT2D eigenvalue weighted by Crippen LogP contribution is -2.55. The van der Waals surface area contributed by atoms with Crippen LogP contribution in [0.2, 0.25) is 0 Å². The number of hydrogen-bond acceptors (Lipinski definition) is 3. The molecule has 0 aliphatic carbocycles. The van der Waals surface area contributed by atoms with Crippen LogP contribution in [0.4, 0.5) is 0 Å². The summed E-state index contributed by atoms with van der Waals surface area (Å²) in [6, 6.07) is 11.4. The van der Waals surface area contributed by atoms with E-state index in [1.165, 1.54) is 25.1 Å². The number of nitrogens with zero attached hydrogens (tertiary/aromatic N) is 1. The Morgan fingerprint density at radius 2 is 2.13 bits per heavy atom. The molecule has 3 atom stereocenters. The molecule has 0 spiro atoms. The number of nitrogens with one attached hydrogen (secondary N) is 2. The van der Waals surface area contributed by atoms with Crippen LogP contribution in [0, 0.1) is 11.8 Å². The van der Waals surface area contributed by atoms with E-state index in [1.807, 2.05) is 0 Å². The third-order valence-corrected chi connectivity index (χ3v) is 5.33. The van der Waals surface area contributed by atoms with Gasteiger partial charge in [0.15, 0.2) is 0 Å². The van der Waals surface area contributed by atoms with Crippen LogP contribution in [0.25, 0.3) is 0 Å². The van der Waals surface area contributed by atoms with Gasteiger partial charge in [-0.3, -0.25) is 9.69 Å². The number of likely N-dealkylation sites (tertiary alicyclic amines) is 1. The zero-order valence-electron chi connectivity index (χ0n) is 14.1. The van der Waals surface area contributed by atoms with E-state index in [2.05, 4.69) is 45.9 Å². The number of hydrogen-bond donors (Lipinski definition) is 2. The van der Waals surface area contributed by atoms with E-state index in [4.69, 9.17) is 0 Å². The molecule has 3 rings (SSSR count). The summed E-state index contributed by atoms with van der Waals surface area (Å²) in [6.45, 7) is 4.59. The highest BCUT2D eigenvalue weighted by Crippen LogP contribution is 2.31. The lowest BCUT2D eigenvalue weighted by molar-refractivity contribution is -0.120. The second kappa shape index (κ2) is 7.93. The Morgan fingerprint density at radius 3 is 2.91 bits per heavy atom. The van der Waals surface area contributed by atoms with Crippen LogP contribution in [0.15, 0.2) is 30.3 Å². The van der Waals surface area contributed by atoms with Crippen molar-refractivity contribution >= 4 is 5.91 Å². The van der Waals surface area contributed by atoms with Gasteiger partial charge in [0.1, 0.15) is 0 Å². The van der Waals surface area contributed by atoms with E-state index in [-0.39, 0.29) is 5.91 Å². The summed E-state index contributed by atoms with van der Waals surface area (Å²) >= 11 is 0. The van der Waals surface area contributed by atoms with Crippen LogP contribution in [0.3, 0.4) is 0 Å². The van der Waals surface area contributed by atoms with Crippen molar-refractivity contribution < 1.29 is 4.79 Å². The molecule has 1 aromatic rings. The molecule has 0 saturated carbocycles. The van der Waals surface area contributed by atoms with Crippen molar-refractivity contribution in [3.8, 4) is 0 Å². The number of rotatable bonds is 6. The van der Waals surface area contributed by atoms with E-state index in [0.717, 1.165) is 37.8 Å². The summed E-state index contributed by atoms with van der Waals surface area (Å²) in [5.41, 5.74) is 1.41. The monoisotopic (exact) mass is 315 g/mol. The fraction of sp³-hybridized carbons (Fsp3) is 0.632. The fourth-order valence-corrected chi connectivity index (χ4v) is 4.19. The first-order chi connectivity index (χ1) is 11.2. The Hall–Kier alpha value is -1.39. The van der Waals surface area contributed by atoms with Crippen molar-refractivity contribution in [2.24, 2.45) is 11.8 Å². The lowest BCUT2D eigenvalue weighted by Gasteiger charge is -2.46. The van der Waals surface area contributed by atoms with Gasteiger partial charge in [-0.2, -0.15) is 0 Å². The minimum atomic E-state index is 0.160. The summed E-state index contributed by atoms with van der Waals surface area (Å²) < 4.78 is 0. The molecular formula is C19H29N3O. The summed E-state index contributed by atoms with van der Waals surface area (Å²) in [4.78, 5) is 14.0. The summed E-state index contributed by atoms with van der Waals surface area (Å²) in [5.74, 6) is 1.68. The number of piperidine rings is 2. The third-order valence-electron chi connectivity index (χ3n) is 5.33. The molecular weight excluding hydrogens is 286 g/mol. The number of benzene rings is 1. The molecule has 1 aromatic carbocycles. The molecule has 2 saturated heterocycles. The molecule has 4 heteroatoms. The normalized spacial score (nSPS) is 27.6. The van der Waals surface area contributed by atoms with Crippen LogP contribution in [-0.2, 0) is 11.3 Å². The Balaban J connectivity index is 1.51. The Morgan fingerprint density at radius 1 is 1.30 bits per heavy atom. The van der Waals surface area contributed by atoms with Gasteiger partial charge in [-0.05, 0) is 43.2 Å². The highest BCUT2D eigenvalue weighted by Gasteiger charge is 2.35. The molecule has 2 N–H and O–H groups in total. The molecule has 2 fully saturated rings.